The van der Waals surface area contributed by atoms with Crippen LogP contribution in [-0.2, 0) is 58.7 Å². The second kappa shape index (κ2) is 19.3. The number of carbonyl (C=O) groups excluding carboxylic acids is 6. The summed E-state index contributed by atoms with van der Waals surface area (Å²) >= 11 is 0. The van der Waals surface area contributed by atoms with Crippen LogP contribution in [0.15, 0.2) is 0 Å². The van der Waals surface area contributed by atoms with Gasteiger partial charge < -0.3 is 18.8 Å². The van der Waals surface area contributed by atoms with E-state index in [-0.39, 0.29) is 82.1 Å². The minimum atomic E-state index is -5.03. The summed E-state index contributed by atoms with van der Waals surface area (Å²) in [6.07, 6.45) is 1.69. The average Bonchev–Trinajstić information content (AvgIpc) is 3.29. The molecular weight excluding hydrogens is 666 g/mol. The van der Waals surface area contributed by atoms with Gasteiger partial charge in [-0.1, -0.05) is 34.4 Å². The van der Waals surface area contributed by atoms with E-state index in [4.69, 9.17) is 0 Å². The molecule has 2 aliphatic heterocycles. The van der Waals surface area contributed by atoms with E-state index in [0.29, 0.717) is 25.7 Å². The van der Waals surface area contributed by atoms with E-state index in [2.05, 4.69) is 9.68 Å². The molecule has 2 unspecified atom stereocenters. The molecule has 0 spiro atoms. The van der Waals surface area contributed by atoms with Crippen molar-refractivity contribution in [2.45, 2.75) is 74.7 Å². The van der Waals surface area contributed by atoms with Crippen molar-refractivity contribution >= 4 is 77.4 Å². The molecule has 0 aliphatic carbocycles. The van der Waals surface area contributed by atoms with Crippen molar-refractivity contribution < 1.29 is 123 Å². The predicted molar refractivity (Wildman–Crippen MR) is 134 cm³/mol. The molecule has 0 radical (unpaired) electrons. The molecule has 226 valence electrons. The molecule has 2 aliphatic rings. The number of carbonyl (C=O) groups is 6. The van der Waals surface area contributed by atoms with Gasteiger partial charge in [0.1, 0.15) is 30.7 Å². The zero-order valence-corrected chi connectivity index (χ0v) is 30.1. The van der Waals surface area contributed by atoms with Crippen molar-refractivity contribution in [2.75, 3.05) is 11.5 Å². The first kappa shape index (κ1) is 41.7. The monoisotopic (exact) mass is 692 g/mol. The van der Waals surface area contributed by atoms with Crippen LogP contribution in [0.2, 0.25) is 0 Å². The third-order valence-electron chi connectivity index (χ3n) is 5.51. The van der Waals surface area contributed by atoms with Crippen molar-refractivity contribution in [2.24, 2.45) is 0 Å². The number of hydrogen-bond donors (Lipinski definition) is 0. The Balaban J connectivity index is 0.00000840. The largest absolute Gasteiger partial charge is 1.00 e. The minimum absolute atomic E-state index is 0. The fourth-order valence-corrected chi connectivity index (χ4v) is 7.11. The molecule has 22 heteroatoms. The number of amides is 4. The van der Waals surface area contributed by atoms with Crippen LogP contribution in [0.1, 0.15) is 64.2 Å². The Labute approximate surface area is 294 Å². The van der Waals surface area contributed by atoms with Gasteiger partial charge in [-0.25, -0.2) is 26.4 Å². The second-order valence-electron chi connectivity index (χ2n) is 8.62. The Kier molecular flexibility index (Phi) is 19.2. The Bertz CT molecular complexity index is 1140. The molecule has 0 saturated carbocycles. The molecule has 42 heavy (non-hydrogen) atoms. The Morgan fingerprint density at radius 3 is 1.29 bits per heavy atom. The molecule has 4 amide bonds. The fraction of sp³-hybridized carbons (Fsp3) is 0.700. The second-order valence-corrected chi connectivity index (χ2v) is 14.4. The SMILES string of the molecule is O=C(CCCCCSSCCCCCC(=O)ON1C(=O)CC(S(=O)(=O)[O-])C1=O)ON1C(=O)CC(S(=O)(=O)[O-])C1=O.[Na+].[Na+]. The summed E-state index contributed by atoms with van der Waals surface area (Å²) in [5.41, 5.74) is 0. The van der Waals surface area contributed by atoms with Crippen molar-refractivity contribution in [1.29, 1.82) is 0 Å². The van der Waals surface area contributed by atoms with Gasteiger partial charge in [0.2, 0.25) is 0 Å². The van der Waals surface area contributed by atoms with Gasteiger partial charge in [0, 0.05) is 24.3 Å². The number of hydroxylamine groups is 4. The van der Waals surface area contributed by atoms with Crippen LogP contribution in [0.3, 0.4) is 0 Å². The summed E-state index contributed by atoms with van der Waals surface area (Å²) in [5.74, 6) is -5.12. The number of imide groups is 2. The summed E-state index contributed by atoms with van der Waals surface area (Å²) in [6, 6.07) is 0. The van der Waals surface area contributed by atoms with Crippen molar-refractivity contribution in [3.05, 3.63) is 0 Å². The first-order valence-corrected chi connectivity index (χ1v) is 17.3. The van der Waals surface area contributed by atoms with Crippen LogP contribution in [0, 0.1) is 0 Å². The maximum absolute atomic E-state index is 11.8. The molecule has 16 nitrogen and oxygen atoms in total. The molecule has 0 bridgehead atoms. The summed E-state index contributed by atoms with van der Waals surface area (Å²) in [4.78, 5) is 79.7. The standard InChI is InChI=1S/C20H28N2O14S4.2Na/c23-15-11-13(39(29,30)31)19(27)21(15)35-17(25)7-3-1-5-9-37-38-10-6-2-4-8-18(26)36-22-16(24)12-14(20(22)28)40(32,33)34;;/h13-14H,1-12H2,(H,29,30,31)(H,32,33,34);;/q;2*+1/p-2. The van der Waals surface area contributed by atoms with Gasteiger partial charge >= 0.3 is 71.1 Å². The average molecular weight is 693 g/mol. The van der Waals surface area contributed by atoms with Gasteiger partial charge in [-0.3, -0.25) is 19.2 Å². The van der Waals surface area contributed by atoms with Crippen molar-refractivity contribution in [1.82, 2.24) is 10.1 Å². The third-order valence-corrected chi connectivity index (χ3v) is 10.2. The quantitative estimate of drug-likeness (QED) is 0.0453. The van der Waals surface area contributed by atoms with Gasteiger partial charge in [0.25, 0.3) is 23.6 Å². The van der Waals surface area contributed by atoms with E-state index in [1.807, 2.05) is 0 Å². The summed E-state index contributed by atoms with van der Waals surface area (Å²) < 4.78 is 65.8. The number of rotatable bonds is 17. The van der Waals surface area contributed by atoms with Gasteiger partial charge in [-0.05, 0) is 25.7 Å². The van der Waals surface area contributed by atoms with Gasteiger partial charge in [0.15, 0.2) is 0 Å². The summed E-state index contributed by atoms with van der Waals surface area (Å²) in [5, 5.41) is -4.09. The maximum atomic E-state index is 11.8. The number of nitrogens with zero attached hydrogens (tertiary/aromatic N) is 2. The molecule has 2 atom stereocenters. The maximum Gasteiger partial charge on any atom is 1.00 e. The van der Waals surface area contributed by atoms with Crippen LogP contribution in [-0.4, -0.2) is 93.6 Å². The summed E-state index contributed by atoms with van der Waals surface area (Å²) in [6.45, 7) is 0. The topological polar surface area (TPSA) is 242 Å². The van der Waals surface area contributed by atoms with Crippen LogP contribution in [0.5, 0.6) is 0 Å². The minimum Gasteiger partial charge on any atom is -0.747 e. The van der Waals surface area contributed by atoms with E-state index in [9.17, 15) is 54.7 Å². The van der Waals surface area contributed by atoms with Crippen LogP contribution >= 0.6 is 21.6 Å². The Morgan fingerprint density at radius 2 is 1.00 bits per heavy atom. The molecule has 0 aromatic carbocycles. The van der Waals surface area contributed by atoms with Gasteiger partial charge in [0.05, 0.1) is 12.8 Å². The van der Waals surface area contributed by atoms with E-state index in [0.717, 1.165) is 24.3 Å². The van der Waals surface area contributed by atoms with Crippen LogP contribution in [0.4, 0.5) is 0 Å². The van der Waals surface area contributed by atoms with E-state index < -0.39 is 79.1 Å². The zero-order chi connectivity index (χ0) is 30.1. The zero-order valence-electron chi connectivity index (χ0n) is 22.9. The molecule has 2 saturated heterocycles. The van der Waals surface area contributed by atoms with E-state index >= 15 is 0 Å². The predicted octanol–water partition coefficient (Wildman–Crippen LogP) is -6.24. The van der Waals surface area contributed by atoms with Gasteiger partial charge in [-0.2, -0.15) is 0 Å². The Hall–Kier alpha value is -0.260. The van der Waals surface area contributed by atoms with E-state index in [1.165, 1.54) is 0 Å². The van der Waals surface area contributed by atoms with Crippen molar-refractivity contribution in [3.63, 3.8) is 0 Å². The summed E-state index contributed by atoms with van der Waals surface area (Å²) in [7, 11) is -6.86. The molecule has 0 aromatic rings. The van der Waals surface area contributed by atoms with Crippen molar-refractivity contribution in [3.8, 4) is 0 Å². The normalized spacial score (nSPS) is 19.0. The molecule has 2 rings (SSSR count). The van der Waals surface area contributed by atoms with Crippen LogP contribution < -0.4 is 59.1 Å². The number of hydrogen-bond acceptors (Lipinski definition) is 16. The number of unbranched alkanes of at least 4 members (excludes halogenated alkanes) is 4. The fourth-order valence-electron chi connectivity index (χ4n) is 3.43. The molecule has 0 N–H and O–H groups in total. The third kappa shape index (κ3) is 13.4. The van der Waals surface area contributed by atoms with Crippen LogP contribution in [0.25, 0.3) is 0 Å². The van der Waals surface area contributed by atoms with Gasteiger partial charge in [-0.15, -0.1) is 10.1 Å². The Morgan fingerprint density at radius 1 is 0.667 bits per heavy atom. The first-order chi connectivity index (χ1) is 18.6. The smallest absolute Gasteiger partial charge is 0.747 e. The molecule has 0 aromatic heterocycles. The molecular formula is C20H26N2Na2O14S4. The molecule has 2 heterocycles. The van der Waals surface area contributed by atoms with E-state index in [1.54, 1.807) is 21.6 Å². The molecule has 2 fully saturated rings. The first-order valence-electron chi connectivity index (χ1n) is 11.9.